The summed E-state index contributed by atoms with van der Waals surface area (Å²) < 4.78 is 0. The molecule has 0 aromatic carbocycles. The van der Waals surface area contributed by atoms with Crippen molar-refractivity contribution in [3.8, 4) is 0 Å². The van der Waals surface area contributed by atoms with Gasteiger partial charge in [0, 0.05) is 0 Å². The van der Waals surface area contributed by atoms with Gasteiger partial charge in [0.25, 0.3) is 0 Å². The van der Waals surface area contributed by atoms with E-state index >= 15 is 0 Å². The fourth-order valence-corrected chi connectivity index (χ4v) is 0.0707. The molecule has 0 radical (unpaired) electrons. The second kappa shape index (κ2) is 5.76. The molecule has 0 aromatic rings. The molecule has 0 bridgehead atoms. The third kappa shape index (κ3) is 5.76. The summed E-state index contributed by atoms with van der Waals surface area (Å²) in [6, 6.07) is 0. The highest BCUT2D eigenvalue weighted by molar-refractivity contribution is 5.85. The SMILES string of the molecule is CC/C(C)=N\O.Cl. The van der Waals surface area contributed by atoms with Crippen molar-refractivity contribution in [2.75, 3.05) is 0 Å². The number of nitrogens with zero attached hydrogens (tertiary/aromatic N) is 1. The van der Waals surface area contributed by atoms with Crippen LogP contribution in [0.15, 0.2) is 5.16 Å². The van der Waals surface area contributed by atoms with E-state index < -0.39 is 0 Å². The zero-order valence-electron chi connectivity index (χ0n) is 4.51. The predicted molar refractivity (Wildman–Crippen MR) is 32.4 cm³/mol. The number of hydrogen-bond acceptors (Lipinski definition) is 2. The normalized spacial score (nSPS) is 10.3. The second-order valence-corrected chi connectivity index (χ2v) is 1.19. The van der Waals surface area contributed by atoms with Crippen molar-refractivity contribution >= 4 is 18.1 Å². The third-order valence-electron chi connectivity index (χ3n) is 0.682. The fourth-order valence-electron chi connectivity index (χ4n) is 0.0707. The first-order chi connectivity index (χ1) is 2.81. The summed E-state index contributed by atoms with van der Waals surface area (Å²) in [5, 5.41) is 10.8. The Balaban J connectivity index is 0. The standard InChI is InChI=1S/C4H9NO.ClH/c1-3-4(2)5-6;/h6H,3H2,1-2H3;1H/b5-4-;. The van der Waals surface area contributed by atoms with Crippen LogP contribution in [-0.4, -0.2) is 10.9 Å². The highest BCUT2D eigenvalue weighted by Crippen LogP contribution is 1.78. The van der Waals surface area contributed by atoms with Crippen LogP contribution in [-0.2, 0) is 0 Å². The molecule has 0 aromatic heterocycles. The zero-order chi connectivity index (χ0) is 4.99. The van der Waals surface area contributed by atoms with Crippen LogP contribution < -0.4 is 0 Å². The molecule has 0 fully saturated rings. The van der Waals surface area contributed by atoms with Crippen molar-refractivity contribution in [2.24, 2.45) is 5.16 Å². The summed E-state index contributed by atoms with van der Waals surface area (Å²) in [5.74, 6) is 0. The largest absolute Gasteiger partial charge is 0.411 e. The molecule has 44 valence electrons. The smallest absolute Gasteiger partial charge is 0.0537 e. The van der Waals surface area contributed by atoms with Crippen molar-refractivity contribution in [1.29, 1.82) is 0 Å². The van der Waals surface area contributed by atoms with Crippen molar-refractivity contribution in [3.63, 3.8) is 0 Å². The predicted octanol–water partition coefficient (Wildman–Crippen LogP) is 1.67. The first-order valence-corrected chi connectivity index (χ1v) is 1.98. The Bertz CT molecular complexity index is 62.7. The minimum atomic E-state index is 0. The van der Waals surface area contributed by atoms with Gasteiger partial charge in [-0.3, -0.25) is 0 Å². The van der Waals surface area contributed by atoms with Gasteiger partial charge in [-0.05, 0) is 13.3 Å². The molecule has 1 N–H and O–H groups in total. The molecule has 0 aliphatic rings. The monoisotopic (exact) mass is 123 g/mol. The van der Waals surface area contributed by atoms with Crippen LogP contribution in [0.2, 0.25) is 0 Å². The van der Waals surface area contributed by atoms with Gasteiger partial charge in [0.1, 0.15) is 0 Å². The Kier molecular flexibility index (Phi) is 8.15. The van der Waals surface area contributed by atoms with E-state index in [0.29, 0.717) is 0 Å². The van der Waals surface area contributed by atoms with Crippen LogP contribution in [0.3, 0.4) is 0 Å². The van der Waals surface area contributed by atoms with E-state index in [0.717, 1.165) is 12.1 Å². The third-order valence-corrected chi connectivity index (χ3v) is 0.682. The molecule has 0 aliphatic heterocycles. The van der Waals surface area contributed by atoms with E-state index in [4.69, 9.17) is 5.21 Å². The molecule has 0 saturated carbocycles. The van der Waals surface area contributed by atoms with E-state index in [1.54, 1.807) is 6.92 Å². The van der Waals surface area contributed by atoms with Crippen molar-refractivity contribution in [1.82, 2.24) is 0 Å². The molecule has 0 saturated heterocycles. The number of oxime groups is 1. The number of rotatable bonds is 1. The van der Waals surface area contributed by atoms with Gasteiger partial charge in [0.2, 0.25) is 0 Å². The molecular weight excluding hydrogens is 114 g/mol. The molecule has 7 heavy (non-hydrogen) atoms. The highest BCUT2D eigenvalue weighted by Gasteiger charge is 1.77. The van der Waals surface area contributed by atoms with E-state index in [9.17, 15) is 0 Å². The van der Waals surface area contributed by atoms with E-state index in [-0.39, 0.29) is 12.4 Å². The lowest BCUT2D eigenvalue weighted by atomic mass is 10.3. The molecule has 0 atom stereocenters. The summed E-state index contributed by atoms with van der Waals surface area (Å²) in [6.07, 6.45) is 0.830. The minimum absolute atomic E-state index is 0. The van der Waals surface area contributed by atoms with Crippen LogP contribution >= 0.6 is 12.4 Å². The average Bonchev–Trinajstić information content (AvgIpc) is 1.65. The molecular formula is C4H10ClNO. The van der Waals surface area contributed by atoms with Crippen molar-refractivity contribution in [3.05, 3.63) is 0 Å². The number of halogens is 1. The molecule has 2 nitrogen and oxygen atoms in total. The second-order valence-electron chi connectivity index (χ2n) is 1.19. The van der Waals surface area contributed by atoms with Gasteiger partial charge in [-0.2, -0.15) is 0 Å². The summed E-state index contributed by atoms with van der Waals surface area (Å²) in [4.78, 5) is 0. The molecule has 0 heterocycles. The average molecular weight is 124 g/mol. The highest BCUT2D eigenvalue weighted by atomic mass is 35.5. The van der Waals surface area contributed by atoms with Gasteiger partial charge >= 0.3 is 0 Å². The van der Waals surface area contributed by atoms with Gasteiger partial charge in [-0.1, -0.05) is 12.1 Å². The van der Waals surface area contributed by atoms with Gasteiger partial charge in [-0.15, -0.1) is 12.4 Å². The lowest BCUT2D eigenvalue weighted by Gasteiger charge is -1.81. The zero-order valence-corrected chi connectivity index (χ0v) is 5.33. The maximum absolute atomic E-state index is 7.92. The Morgan fingerprint density at radius 1 is 1.71 bits per heavy atom. The maximum Gasteiger partial charge on any atom is 0.0537 e. The fraction of sp³-hybridized carbons (Fsp3) is 0.750. The van der Waals surface area contributed by atoms with E-state index in [2.05, 4.69) is 5.16 Å². The minimum Gasteiger partial charge on any atom is -0.411 e. The lowest BCUT2D eigenvalue weighted by Crippen LogP contribution is -1.83. The number of hydrogen-bond donors (Lipinski definition) is 1. The molecule has 0 amide bonds. The van der Waals surface area contributed by atoms with E-state index in [1.807, 2.05) is 6.92 Å². The molecule has 0 unspecified atom stereocenters. The van der Waals surface area contributed by atoms with Crippen molar-refractivity contribution in [2.45, 2.75) is 20.3 Å². The first kappa shape index (κ1) is 9.90. The summed E-state index contributed by atoms with van der Waals surface area (Å²) in [7, 11) is 0. The Labute approximate surface area is 49.6 Å². The summed E-state index contributed by atoms with van der Waals surface area (Å²) in [6.45, 7) is 3.72. The van der Waals surface area contributed by atoms with Crippen molar-refractivity contribution < 1.29 is 5.21 Å². The van der Waals surface area contributed by atoms with Crippen LogP contribution in [0.25, 0.3) is 0 Å². The lowest BCUT2D eigenvalue weighted by molar-refractivity contribution is 0.317. The van der Waals surface area contributed by atoms with Gasteiger partial charge in [-0.25, -0.2) is 0 Å². The molecule has 0 aliphatic carbocycles. The quantitative estimate of drug-likeness (QED) is 0.321. The maximum atomic E-state index is 7.92. The first-order valence-electron chi connectivity index (χ1n) is 1.98. The van der Waals surface area contributed by atoms with Crippen LogP contribution in [0.5, 0.6) is 0 Å². The van der Waals surface area contributed by atoms with E-state index in [1.165, 1.54) is 0 Å². The Hall–Kier alpha value is -0.240. The van der Waals surface area contributed by atoms with Crippen LogP contribution in [0, 0.1) is 0 Å². The van der Waals surface area contributed by atoms with Gasteiger partial charge in [0.05, 0.1) is 5.71 Å². The van der Waals surface area contributed by atoms with Gasteiger partial charge in [0.15, 0.2) is 0 Å². The van der Waals surface area contributed by atoms with Gasteiger partial charge < -0.3 is 5.21 Å². The van der Waals surface area contributed by atoms with Crippen LogP contribution in [0.4, 0.5) is 0 Å². The summed E-state index contributed by atoms with van der Waals surface area (Å²) >= 11 is 0. The summed E-state index contributed by atoms with van der Waals surface area (Å²) in [5.41, 5.74) is 0.773. The molecule has 0 rings (SSSR count). The topological polar surface area (TPSA) is 32.6 Å². The molecule has 3 heteroatoms. The Morgan fingerprint density at radius 2 is 2.14 bits per heavy atom. The Morgan fingerprint density at radius 3 is 2.14 bits per heavy atom. The molecule has 0 spiro atoms. The van der Waals surface area contributed by atoms with Crippen LogP contribution in [0.1, 0.15) is 20.3 Å².